The van der Waals surface area contributed by atoms with Crippen LogP contribution in [0.4, 0.5) is 0 Å². The number of hydrogen-bond donors (Lipinski definition) is 1. The maximum atomic E-state index is 8.24. The summed E-state index contributed by atoms with van der Waals surface area (Å²) in [6, 6.07) is 16.7. The first-order valence-electron chi connectivity index (χ1n) is 11.9. The van der Waals surface area contributed by atoms with Crippen molar-refractivity contribution in [3.63, 3.8) is 0 Å². The molecule has 2 unspecified atom stereocenters. The number of unbranched alkanes of at least 4 members (excludes halogenated alkanes) is 1. The molecule has 2 aromatic carbocycles. The molecule has 0 radical (unpaired) electrons. The van der Waals surface area contributed by atoms with Crippen molar-refractivity contribution in [2.24, 2.45) is 0 Å². The lowest BCUT2D eigenvalue weighted by Crippen LogP contribution is -2.18. The van der Waals surface area contributed by atoms with Gasteiger partial charge in [0, 0.05) is 12.0 Å². The molecule has 2 heterocycles. The summed E-state index contributed by atoms with van der Waals surface area (Å²) in [5, 5.41) is 8.24. The van der Waals surface area contributed by atoms with Crippen molar-refractivity contribution in [1.82, 2.24) is 0 Å². The minimum absolute atomic E-state index is 0. The van der Waals surface area contributed by atoms with E-state index in [1.165, 1.54) is 11.1 Å². The zero-order valence-corrected chi connectivity index (χ0v) is 20.1. The van der Waals surface area contributed by atoms with Crippen LogP contribution in [0.3, 0.4) is 0 Å². The van der Waals surface area contributed by atoms with Crippen LogP contribution in [0.15, 0.2) is 48.5 Å². The highest BCUT2D eigenvalue weighted by Crippen LogP contribution is 2.33. The predicted octanol–water partition coefficient (Wildman–Crippen LogP) is 5.00. The van der Waals surface area contributed by atoms with Gasteiger partial charge < -0.3 is 28.8 Å². The summed E-state index contributed by atoms with van der Waals surface area (Å²) < 4.78 is 26.7. The van der Waals surface area contributed by atoms with E-state index in [1.807, 2.05) is 24.3 Å². The van der Waals surface area contributed by atoms with Crippen molar-refractivity contribution in [1.29, 1.82) is 0 Å². The first-order valence-corrected chi connectivity index (χ1v) is 11.9. The lowest BCUT2D eigenvalue weighted by molar-refractivity contribution is 0.0904. The lowest BCUT2D eigenvalue weighted by Gasteiger charge is -2.26. The maximum Gasteiger partial charge on any atom is 0.119 e. The zero-order chi connectivity index (χ0) is 23.5. The molecule has 2 saturated heterocycles. The Hall–Kier alpha value is -2.12. The van der Waals surface area contributed by atoms with Gasteiger partial charge in [0.05, 0.1) is 26.4 Å². The molecular formula is C28H42O6. The molecule has 2 fully saturated rings. The highest BCUT2D eigenvalue weighted by molar-refractivity contribution is 5.41. The highest BCUT2D eigenvalue weighted by Gasteiger charge is 2.25. The van der Waals surface area contributed by atoms with E-state index in [9.17, 15) is 0 Å². The van der Waals surface area contributed by atoms with Gasteiger partial charge in [-0.15, -0.1) is 0 Å². The Balaban J connectivity index is 0.000000394. The van der Waals surface area contributed by atoms with Gasteiger partial charge in [0.1, 0.15) is 36.9 Å². The molecule has 0 bridgehead atoms. The molecule has 2 atom stereocenters. The number of aliphatic hydroxyl groups is 1. The van der Waals surface area contributed by atoms with Gasteiger partial charge in [0.2, 0.25) is 0 Å². The molecule has 0 amide bonds. The Bertz CT molecular complexity index is 727. The molecule has 6 nitrogen and oxygen atoms in total. The third-order valence-corrected chi connectivity index (χ3v) is 5.71. The summed E-state index contributed by atoms with van der Waals surface area (Å²) in [6.07, 6.45) is 2.82. The zero-order valence-electron chi connectivity index (χ0n) is 20.1. The molecule has 0 aliphatic carbocycles. The summed E-state index contributed by atoms with van der Waals surface area (Å²) in [6.45, 7) is 10.9. The van der Waals surface area contributed by atoms with E-state index in [4.69, 9.17) is 28.8 Å². The number of ether oxygens (including phenoxy) is 5. The fraction of sp³-hybridized carbons (Fsp3) is 0.571. The molecule has 190 valence electrons. The molecule has 34 heavy (non-hydrogen) atoms. The summed E-state index contributed by atoms with van der Waals surface area (Å²) in [5.74, 6) is 1.78. The second-order valence-electron chi connectivity index (χ2n) is 8.90. The average Bonchev–Trinajstić information content (AvgIpc) is 3.76. The Labute approximate surface area is 205 Å². The van der Waals surface area contributed by atoms with Crippen molar-refractivity contribution in [3.8, 4) is 11.5 Å². The SMILES string of the molecule is C.CC(C)(c1ccc(OCC2CO2)cc1)c1ccc(OCC2CO2)cc1.CCCCOCCO. The normalized spacial score (nSPS) is 18.2. The van der Waals surface area contributed by atoms with Gasteiger partial charge in [-0.25, -0.2) is 0 Å². The van der Waals surface area contributed by atoms with E-state index in [0.29, 0.717) is 19.8 Å². The summed E-state index contributed by atoms with van der Waals surface area (Å²) in [4.78, 5) is 0. The Morgan fingerprint density at radius 2 is 1.26 bits per heavy atom. The van der Waals surface area contributed by atoms with Gasteiger partial charge in [0.25, 0.3) is 0 Å². The van der Waals surface area contributed by atoms with Gasteiger partial charge in [-0.3, -0.25) is 0 Å². The van der Waals surface area contributed by atoms with E-state index in [-0.39, 0.29) is 31.7 Å². The molecule has 0 saturated carbocycles. The molecule has 6 heteroatoms. The minimum Gasteiger partial charge on any atom is -0.491 e. The third kappa shape index (κ3) is 9.63. The number of rotatable bonds is 13. The molecule has 0 spiro atoms. The van der Waals surface area contributed by atoms with Crippen molar-refractivity contribution in [2.75, 3.05) is 46.2 Å². The van der Waals surface area contributed by atoms with Crippen LogP contribution in [0.1, 0.15) is 52.2 Å². The Morgan fingerprint density at radius 1 is 0.824 bits per heavy atom. The highest BCUT2D eigenvalue weighted by atomic mass is 16.6. The van der Waals surface area contributed by atoms with Crippen LogP contribution in [0.2, 0.25) is 0 Å². The van der Waals surface area contributed by atoms with Gasteiger partial charge >= 0.3 is 0 Å². The number of aliphatic hydroxyl groups excluding tert-OH is 1. The van der Waals surface area contributed by atoms with Crippen LogP contribution < -0.4 is 9.47 Å². The largest absolute Gasteiger partial charge is 0.491 e. The van der Waals surface area contributed by atoms with Crippen LogP contribution in [0.5, 0.6) is 11.5 Å². The second-order valence-corrected chi connectivity index (χ2v) is 8.90. The Kier molecular flexibility index (Phi) is 11.8. The maximum absolute atomic E-state index is 8.24. The first-order chi connectivity index (χ1) is 16.0. The summed E-state index contributed by atoms with van der Waals surface area (Å²) in [5.41, 5.74) is 2.42. The first kappa shape index (κ1) is 28.1. The number of epoxide rings is 2. The second kappa shape index (κ2) is 14.3. The summed E-state index contributed by atoms with van der Waals surface area (Å²) >= 11 is 0. The molecule has 2 aromatic rings. The van der Waals surface area contributed by atoms with Crippen LogP contribution in [-0.4, -0.2) is 63.6 Å². The minimum atomic E-state index is -0.0870. The number of benzene rings is 2. The third-order valence-electron chi connectivity index (χ3n) is 5.71. The van der Waals surface area contributed by atoms with Crippen LogP contribution in [0, 0.1) is 0 Å². The van der Waals surface area contributed by atoms with E-state index in [1.54, 1.807) is 0 Å². The van der Waals surface area contributed by atoms with Gasteiger partial charge in [0.15, 0.2) is 0 Å². The molecule has 0 aromatic heterocycles. The van der Waals surface area contributed by atoms with Crippen molar-refractivity contribution < 1.29 is 28.8 Å². The smallest absolute Gasteiger partial charge is 0.119 e. The quantitative estimate of drug-likeness (QED) is 0.325. The summed E-state index contributed by atoms with van der Waals surface area (Å²) in [7, 11) is 0. The predicted molar refractivity (Wildman–Crippen MR) is 135 cm³/mol. The van der Waals surface area contributed by atoms with Crippen molar-refractivity contribution in [2.45, 2.75) is 58.7 Å². The molecule has 2 aliphatic heterocycles. The van der Waals surface area contributed by atoms with Crippen molar-refractivity contribution in [3.05, 3.63) is 59.7 Å². The topological polar surface area (TPSA) is 73.0 Å². The monoisotopic (exact) mass is 474 g/mol. The standard InChI is InChI=1S/C21H24O4.C6H14O2.CH4/c1-21(2,15-3-7-17(8-4-15)22-11-19-13-24-19)16-5-9-18(10-6-16)23-12-20-14-25-20;1-2-3-5-8-6-4-7;/h3-10,19-20H,11-14H2,1-2H3;7H,2-6H2,1H3;1H4. The van der Waals surface area contributed by atoms with Crippen LogP contribution in [-0.2, 0) is 19.6 Å². The van der Waals surface area contributed by atoms with E-state index >= 15 is 0 Å². The van der Waals surface area contributed by atoms with Crippen molar-refractivity contribution >= 4 is 0 Å². The fourth-order valence-electron chi connectivity index (χ4n) is 3.22. The molecular weight excluding hydrogens is 432 g/mol. The molecule has 2 aliphatic rings. The van der Waals surface area contributed by atoms with Gasteiger partial charge in [-0.2, -0.15) is 0 Å². The van der Waals surface area contributed by atoms with E-state index in [0.717, 1.165) is 44.2 Å². The number of hydrogen-bond acceptors (Lipinski definition) is 6. The fourth-order valence-corrected chi connectivity index (χ4v) is 3.22. The van der Waals surface area contributed by atoms with E-state index < -0.39 is 0 Å². The van der Waals surface area contributed by atoms with Gasteiger partial charge in [-0.05, 0) is 41.8 Å². The van der Waals surface area contributed by atoms with Gasteiger partial charge in [-0.1, -0.05) is 58.9 Å². The van der Waals surface area contributed by atoms with Crippen LogP contribution >= 0.6 is 0 Å². The lowest BCUT2D eigenvalue weighted by atomic mass is 9.78. The van der Waals surface area contributed by atoms with Crippen LogP contribution in [0.25, 0.3) is 0 Å². The Morgan fingerprint density at radius 3 is 1.62 bits per heavy atom. The molecule has 4 rings (SSSR count). The average molecular weight is 475 g/mol. The molecule has 1 N–H and O–H groups in total. The van der Waals surface area contributed by atoms with E-state index in [2.05, 4.69) is 45.0 Å².